The minimum absolute atomic E-state index is 0.0470. The number of nitrogens with zero attached hydrogens (tertiary/aromatic N) is 1. The zero-order valence-corrected chi connectivity index (χ0v) is 11.0. The molecule has 2 nitrogen and oxygen atoms in total. The van der Waals surface area contributed by atoms with E-state index in [4.69, 9.17) is 0 Å². The Hall–Kier alpha value is -1.29. The van der Waals surface area contributed by atoms with Crippen molar-refractivity contribution in [2.24, 2.45) is 0 Å². The van der Waals surface area contributed by atoms with Gasteiger partial charge in [0.15, 0.2) is 5.78 Å². The second kappa shape index (κ2) is 6.59. The average molecular weight is 255 g/mol. The Labute approximate surface area is 107 Å². The number of carbonyl (C=O) groups is 1. The van der Waals surface area contributed by atoms with Crippen molar-refractivity contribution in [2.45, 2.75) is 32.7 Å². The molecule has 0 aromatic heterocycles. The van der Waals surface area contributed by atoms with E-state index in [9.17, 15) is 13.6 Å². The molecule has 0 heterocycles. The molecule has 0 N–H and O–H groups in total. The molecule has 1 aromatic rings. The number of likely N-dealkylation sites (N-methyl/N-ethyl adjacent to an activating group) is 1. The van der Waals surface area contributed by atoms with Crippen molar-refractivity contribution in [3.8, 4) is 0 Å². The van der Waals surface area contributed by atoms with E-state index >= 15 is 0 Å². The lowest BCUT2D eigenvalue weighted by Gasteiger charge is -2.25. The van der Waals surface area contributed by atoms with Crippen LogP contribution < -0.4 is 0 Å². The van der Waals surface area contributed by atoms with Gasteiger partial charge in [-0.2, -0.15) is 0 Å². The number of hydrogen-bond acceptors (Lipinski definition) is 2. The molecule has 0 aliphatic rings. The van der Waals surface area contributed by atoms with Crippen LogP contribution in [0.2, 0.25) is 0 Å². The fourth-order valence-corrected chi connectivity index (χ4v) is 2.07. The van der Waals surface area contributed by atoms with Gasteiger partial charge in [-0.15, -0.1) is 0 Å². The molecule has 0 fully saturated rings. The van der Waals surface area contributed by atoms with Crippen molar-refractivity contribution in [3.05, 3.63) is 35.4 Å². The summed E-state index contributed by atoms with van der Waals surface area (Å²) in [6, 6.07) is 3.35. The molecule has 0 saturated heterocycles. The Kier molecular flexibility index (Phi) is 5.41. The van der Waals surface area contributed by atoms with Gasteiger partial charge in [-0.1, -0.05) is 13.8 Å². The summed E-state index contributed by atoms with van der Waals surface area (Å²) < 4.78 is 26.2. The topological polar surface area (TPSA) is 20.3 Å². The quantitative estimate of drug-likeness (QED) is 0.727. The minimum Gasteiger partial charge on any atom is -0.296 e. The second-order valence-corrected chi connectivity index (χ2v) is 4.43. The molecule has 4 heteroatoms. The highest BCUT2D eigenvalue weighted by molar-refractivity contribution is 5.97. The van der Waals surface area contributed by atoms with Crippen LogP contribution in [0.4, 0.5) is 8.78 Å². The fraction of sp³-hybridized carbons (Fsp3) is 0.500. The maximum atomic E-state index is 13.4. The normalized spacial score (nSPS) is 11.3. The molecule has 0 saturated carbocycles. The van der Waals surface area contributed by atoms with Crippen molar-refractivity contribution in [1.82, 2.24) is 4.90 Å². The smallest absolute Gasteiger partial charge is 0.179 e. The Morgan fingerprint density at radius 3 is 2.39 bits per heavy atom. The first-order valence-corrected chi connectivity index (χ1v) is 6.18. The Morgan fingerprint density at radius 1 is 1.28 bits per heavy atom. The van der Waals surface area contributed by atoms with Crippen LogP contribution in [0.3, 0.4) is 0 Å². The van der Waals surface area contributed by atoms with E-state index < -0.39 is 11.6 Å². The van der Waals surface area contributed by atoms with Crippen molar-refractivity contribution < 1.29 is 13.6 Å². The highest BCUT2D eigenvalue weighted by atomic mass is 19.1. The van der Waals surface area contributed by atoms with Gasteiger partial charge in [-0.3, -0.25) is 9.69 Å². The van der Waals surface area contributed by atoms with Gasteiger partial charge >= 0.3 is 0 Å². The Balaban J connectivity index is 2.76. The molecule has 0 unspecified atom stereocenters. The zero-order valence-electron chi connectivity index (χ0n) is 11.0. The first-order chi connectivity index (χ1) is 8.49. The van der Waals surface area contributed by atoms with Crippen LogP contribution in [-0.2, 0) is 0 Å². The summed E-state index contributed by atoms with van der Waals surface area (Å²) in [4.78, 5) is 13.8. The van der Waals surface area contributed by atoms with Crippen LogP contribution >= 0.6 is 0 Å². The molecule has 0 bridgehead atoms. The largest absolute Gasteiger partial charge is 0.296 e. The number of ketones is 1. The summed E-state index contributed by atoms with van der Waals surface area (Å²) in [6.07, 6.45) is 1.87. The Bertz CT molecular complexity index is 416. The van der Waals surface area contributed by atoms with E-state index in [2.05, 4.69) is 0 Å². The minimum atomic E-state index is -0.794. The van der Waals surface area contributed by atoms with Crippen molar-refractivity contribution in [2.75, 3.05) is 13.6 Å². The molecular formula is C14H19F2NO. The van der Waals surface area contributed by atoms with Crippen molar-refractivity contribution in [1.29, 1.82) is 0 Å². The molecular weight excluding hydrogens is 236 g/mol. The van der Waals surface area contributed by atoms with Gasteiger partial charge in [0.1, 0.15) is 11.6 Å². The highest BCUT2D eigenvalue weighted by Crippen LogP contribution is 2.12. The van der Waals surface area contributed by atoms with E-state index in [1.807, 2.05) is 25.8 Å². The predicted molar refractivity (Wildman–Crippen MR) is 67.7 cm³/mol. The van der Waals surface area contributed by atoms with Gasteiger partial charge in [0.25, 0.3) is 0 Å². The second-order valence-electron chi connectivity index (χ2n) is 4.43. The van der Waals surface area contributed by atoms with Gasteiger partial charge in [-0.05, 0) is 32.0 Å². The van der Waals surface area contributed by atoms with Gasteiger partial charge in [0, 0.05) is 12.1 Å². The molecule has 1 aromatic carbocycles. The maximum absolute atomic E-state index is 13.4. The highest BCUT2D eigenvalue weighted by Gasteiger charge is 2.18. The number of benzene rings is 1. The first-order valence-electron chi connectivity index (χ1n) is 6.18. The lowest BCUT2D eigenvalue weighted by atomic mass is 10.1. The molecule has 0 amide bonds. The molecule has 0 atom stereocenters. The average Bonchev–Trinajstić information content (AvgIpc) is 2.30. The summed E-state index contributed by atoms with van der Waals surface area (Å²) in [5, 5.41) is 0. The molecule has 18 heavy (non-hydrogen) atoms. The third kappa shape index (κ3) is 3.60. The SMILES string of the molecule is CCC(CC)N(C)CC(=O)c1ccc(F)cc1F. The molecule has 100 valence electrons. The molecule has 0 aliphatic heterocycles. The van der Waals surface area contributed by atoms with Crippen molar-refractivity contribution in [3.63, 3.8) is 0 Å². The van der Waals surface area contributed by atoms with Crippen LogP contribution in [0, 0.1) is 11.6 Å². The number of halogens is 2. The standard InChI is InChI=1S/C14H19F2NO/c1-4-11(5-2)17(3)9-14(18)12-7-6-10(15)8-13(12)16/h6-8,11H,4-5,9H2,1-3H3. The molecule has 0 radical (unpaired) electrons. The summed E-state index contributed by atoms with van der Waals surface area (Å²) in [5.74, 6) is -1.78. The van der Waals surface area contributed by atoms with E-state index in [0.717, 1.165) is 25.0 Å². The molecule has 0 aliphatic carbocycles. The number of rotatable bonds is 6. The third-order valence-corrected chi connectivity index (χ3v) is 3.19. The fourth-order valence-electron chi connectivity index (χ4n) is 2.07. The van der Waals surface area contributed by atoms with Crippen LogP contribution in [0.1, 0.15) is 37.0 Å². The van der Waals surface area contributed by atoms with Crippen LogP contribution in [0.5, 0.6) is 0 Å². The molecule has 1 rings (SSSR count). The Morgan fingerprint density at radius 2 is 1.89 bits per heavy atom. The zero-order chi connectivity index (χ0) is 13.7. The van der Waals surface area contributed by atoms with Crippen LogP contribution in [-0.4, -0.2) is 30.3 Å². The summed E-state index contributed by atoms with van der Waals surface area (Å²) in [5.41, 5.74) is -0.0470. The van der Waals surface area contributed by atoms with E-state index in [1.54, 1.807) is 0 Å². The number of carbonyl (C=O) groups excluding carboxylic acids is 1. The number of Topliss-reactive ketones (excluding diaryl/α,β-unsaturated/α-hetero) is 1. The predicted octanol–water partition coefficient (Wildman–Crippen LogP) is 3.27. The van der Waals surface area contributed by atoms with Gasteiger partial charge in [0.05, 0.1) is 12.1 Å². The summed E-state index contributed by atoms with van der Waals surface area (Å²) in [6.45, 7) is 4.25. The van der Waals surface area contributed by atoms with Crippen molar-refractivity contribution >= 4 is 5.78 Å². The molecule has 0 spiro atoms. The van der Waals surface area contributed by atoms with E-state index in [-0.39, 0.29) is 17.9 Å². The van der Waals surface area contributed by atoms with E-state index in [1.165, 1.54) is 6.07 Å². The lowest BCUT2D eigenvalue weighted by Crippen LogP contribution is -2.35. The number of hydrogen-bond donors (Lipinski definition) is 0. The van der Waals surface area contributed by atoms with Crippen LogP contribution in [0.25, 0.3) is 0 Å². The summed E-state index contributed by atoms with van der Waals surface area (Å²) >= 11 is 0. The maximum Gasteiger partial charge on any atom is 0.179 e. The van der Waals surface area contributed by atoms with E-state index in [0.29, 0.717) is 6.04 Å². The lowest BCUT2D eigenvalue weighted by molar-refractivity contribution is 0.0911. The van der Waals surface area contributed by atoms with Gasteiger partial charge < -0.3 is 0 Å². The van der Waals surface area contributed by atoms with Gasteiger partial charge in [-0.25, -0.2) is 8.78 Å². The summed E-state index contributed by atoms with van der Waals surface area (Å²) in [7, 11) is 1.84. The first kappa shape index (κ1) is 14.8. The van der Waals surface area contributed by atoms with Gasteiger partial charge in [0.2, 0.25) is 0 Å². The third-order valence-electron chi connectivity index (χ3n) is 3.19. The van der Waals surface area contributed by atoms with Crippen LogP contribution in [0.15, 0.2) is 18.2 Å². The monoisotopic (exact) mass is 255 g/mol.